The number of ether oxygens (including phenoxy) is 2. The molecule has 114 valence electrons. The zero-order valence-corrected chi connectivity index (χ0v) is 13.0. The highest BCUT2D eigenvalue weighted by atomic mass is 16.5. The van der Waals surface area contributed by atoms with Crippen molar-refractivity contribution < 1.29 is 14.3 Å². The minimum absolute atomic E-state index is 0.118. The van der Waals surface area contributed by atoms with E-state index in [1.807, 2.05) is 42.5 Å². The maximum atomic E-state index is 12.0. The van der Waals surface area contributed by atoms with Gasteiger partial charge in [-0.3, -0.25) is 4.79 Å². The Labute approximate surface area is 130 Å². The third kappa shape index (κ3) is 2.41. The van der Waals surface area contributed by atoms with E-state index in [1.165, 1.54) is 0 Å². The van der Waals surface area contributed by atoms with Gasteiger partial charge in [0.25, 0.3) is 0 Å². The molecule has 0 fully saturated rings. The van der Waals surface area contributed by atoms with Crippen molar-refractivity contribution in [1.82, 2.24) is 0 Å². The highest BCUT2D eigenvalue weighted by Crippen LogP contribution is 2.43. The standard InChI is InChI=1S/C18H19NO3/c1-12(20)17-11-19(13-4-6-14(21-2)7-5-13)18-9-8-15(22-3)10-16(17)18/h4-10,17H,11H2,1-3H3. The van der Waals surface area contributed by atoms with Crippen molar-refractivity contribution in [3.8, 4) is 11.5 Å². The minimum Gasteiger partial charge on any atom is -0.497 e. The van der Waals surface area contributed by atoms with Crippen LogP contribution in [0, 0.1) is 0 Å². The van der Waals surface area contributed by atoms with Crippen LogP contribution in [-0.2, 0) is 4.79 Å². The van der Waals surface area contributed by atoms with Gasteiger partial charge >= 0.3 is 0 Å². The van der Waals surface area contributed by atoms with Crippen LogP contribution in [0.4, 0.5) is 11.4 Å². The minimum atomic E-state index is -0.118. The van der Waals surface area contributed by atoms with E-state index in [1.54, 1.807) is 21.1 Å². The normalized spacial score (nSPS) is 16.3. The summed E-state index contributed by atoms with van der Waals surface area (Å²) in [5.41, 5.74) is 3.14. The van der Waals surface area contributed by atoms with Crippen LogP contribution >= 0.6 is 0 Å². The maximum Gasteiger partial charge on any atom is 0.139 e. The van der Waals surface area contributed by atoms with Crippen LogP contribution in [0.3, 0.4) is 0 Å². The first-order valence-corrected chi connectivity index (χ1v) is 7.24. The number of carbonyl (C=O) groups excluding carboxylic acids is 1. The number of methoxy groups -OCH3 is 2. The number of fused-ring (bicyclic) bond motifs is 1. The van der Waals surface area contributed by atoms with Gasteiger partial charge in [-0.25, -0.2) is 0 Å². The summed E-state index contributed by atoms with van der Waals surface area (Å²) in [6.45, 7) is 2.30. The van der Waals surface area contributed by atoms with E-state index in [0.717, 1.165) is 28.4 Å². The first-order valence-electron chi connectivity index (χ1n) is 7.24. The van der Waals surface area contributed by atoms with Gasteiger partial charge in [-0.15, -0.1) is 0 Å². The average molecular weight is 297 g/mol. The number of carbonyl (C=O) groups is 1. The predicted octanol–water partition coefficient (Wildman–Crippen LogP) is 3.53. The smallest absolute Gasteiger partial charge is 0.139 e. The highest BCUT2D eigenvalue weighted by Gasteiger charge is 2.32. The molecule has 0 amide bonds. The summed E-state index contributed by atoms with van der Waals surface area (Å²) in [4.78, 5) is 14.2. The fraction of sp³-hybridized carbons (Fsp3) is 0.278. The maximum absolute atomic E-state index is 12.0. The Bertz CT molecular complexity index is 694. The molecule has 2 aromatic rings. The monoisotopic (exact) mass is 297 g/mol. The Morgan fingerprint density at radius 3 is 2.27 bits per heavy atom. The first kappa shape index (κ1) is 14.4. The molecule has 1 aliphatic heterocycles. The molecule has 1 unspecified atom stereocenters. The van der Waals surface area contributed by atoms with Crippen LogP contribution in [0.2, 0.25) is 0 Å². The number of rotatable bonds is 4. The SMILES string of the molecule is COc1ccc(N2CC(C(C)=O)c3cc(OC)ccc32)cc1. The molecule has 4 heteroatoms. The topological polar surface area (TPSA) is 38.8 Å². The van der Waals surface area contributed by atoms with E-state index < -0.39 is 0 Å². The van der Waals surface area contributed by atoms with Crippen LogP contribution in [0.15, 0.2) is 42.5 Å². The Morgan fingerprint density at radius 1 is 1.05 bits per heavy atom. The van der Waals surface area contributed by atoms with Gasteiger partial charge in [0, 0.05) is 17.9 Å². The molecule has 0 spiro atoms. The molecule has 0 saturated heterocycles. The lowest BCUT2D eigenvalue weighted by atomic mass is 9.97. The van der Waals surface area contributed by atoms with Crippen molar-refractivity contribution in [1.29, 1.82) is 0 Å². The van der Waals surface area contributed by atoms with E-state index in [2.05, 4.69) is 4.90 Å². The fourth-order valence-electron chi connectivity index (χ4n) is 2.92. The Balaban J connectivity index is 2.02. The van der Waals surface area contributed by atoms with Gasteiger partial charge in [-0.1, -0.05) is 0 Å². The van der Waals surface area contributed by atoms with Gasteiger partial charge < -0.3 is 14.4 Å². The van der Waals surface area contributed by atoms with Gasteiger partial charge in [-0.2, -0.15) is 0 Å². The number of ketones is 1. The van der Waals surface area contributed by atoms with Gasteiger partial charge in [0.2, 0.25) is 0 Å². The highest BCUT2D eigenvalue weighted by molar-refractivity contribution is 5.90. The van der Waals surface area contributed by atoms with E-state index >= 15 is 0 Å². The van der Waals surface area contributed by atoms with Crippen molar-refractivity contribution in [2.24, 2.45) is 0 Å². The fourth-order valence-corrected chi connectivity index (χ4v) is 2.92. The van der Waals surface area contributed by atoms with Gasteiger partial charge in [0.05, 0.1) is 20.1 Å². The molecule has 22 heavy (non-hydrogen) atoms. The number of benzene rings is 2. The molecule has 1 heterocycles. The summed E-state index contributed by atoms with van der Waals surface area (Å²) < 4.78 is 10.5. The third-order valence-electron chi connectivity index (χ3n) is 4.14. The second-order valence-electron chi connectivity index (χ2n) is 5.40. The molecule has 0 aliphatic carbocycles. The third-order valence-corrected chi connectivity index (χ3v) is 4.14. The van der Waals surface area contributed by atoms with Crippen molar-refractivity contribution in [3.05, 3.63) is 48.0 Å². The molecular weight excluding hydrogens is 278 g/mol. The lowest BCUT2D eigenvalue weighted by molar-refractivity contribution is -0.118. The number of Topliss-reactive ketones (excluding diaryl/α,β-unsaturated/α-hetero) is 1. The van der Waals surface area contributed by atoms with Crippen LogP contribution in [-0.4, -0.2) is 26.5 Å². The zero-order chi connectivity index (χ0) is 15.7. The van der Waals surface area contributed by atoms with Gasteiger partial charge in [-0.05, 0) is 55.0 Å². The summed E-state index contributed by atoms with van der Waals surface area (Å²) in [6, 6.07) is 13.8. The molecule has 0 saturated carbocycles. The average Bonchev–Trinajstić information content (AvgIpc) is 2.93. The van der Waals surface area contributed by atoms with E-state index in [0.29, 0.717) is 6.54 Å². The Kier molecular flexibility index (Phi) is 3.75. The van der Waals surface area contributed by atoms with Crippen LogP contribution in [0.5, 0.6) is 11.5 Å². The molecule has 1 aliphatic rings. The molecule has 0 radical (unpaired) electrons. The van der Waals surface area contributed by atoms with Crippen LogP contribution in [0.1, 0.15) is 18.4 Å². The van der Waals surface area contributed by atoms with Crippen molar-refractivity contribution in [3.63, 3.8) is 0 Å². The lowest BCUT2D eigenvalue weighted by Gasteiger charge is -2.20. The van der Waals surface area contributed by atoms with Crippen molar-refractivity contribution in [2.75, 3.05) is 25.7 Å². The van der Waals surface area contributed by atoms with Crippen molar-refractivity contribution in [2.45, 2.75) is 12.8 Å². The molecule has 0 bridgehead atoms. The molecule has 0 aromatic heterocycles. The number of anilines is 2. The summed E-state index contributed by atoms with van der Waals surface area (Å²) in [5.74, 6) is 1.65. The summed E-state index contributed by atoms with van der Waals surface area (Å²) >= 11 is 0. The van der Waals surface area contributed by atoms with E-state index in [-0.39, 0.29) is 11.7 Å². The number of nitrogens with zero attached hydrogens (tertiary/aromatic N) is 1. The first-order chi connectivity index (χ1) is 10.6. The largest absolute Gasteiger partial charge is 0.497 e. The molecule has 4 nitrogen and oxygen atoms in total. The summed E-state index contributed by atoms with van der Waals surface area (Å²) in [6.07, 6.45) is 0. The lowest BCUT2D eigenvalue weighted by Crippen LogP contribution is -2.18. The van der Waals surface area contributed by atoms with Gasteiger partial charge in [0.15, 0.2) is 0 Å². The summed E-state index contributed by atoms with van der Waals surface area (Å²) in [7, 11) is 3.29. The summed E-state index contributed by atoms with van der Waals surface area (Å²) in [5, 5.41) is 0. The second kappa shape index (κ2) is 5.72. The molecule has 2 aromatic carbocycles. The van der Waals surface area contributed by atoms with Gasteiger partial charge in [0.1, 0.15) is 17.3 Å². The number of hydrogen-bond donors (Lipinski definition) is 0. The predicted molar refractivity (Wildman–Crippen MR) is 86.4 cm³/mol. The van der Waals surface area contributed by atoms with E-state index in [9.17, 15) is 4.79 Å². The molecular formula is C18H19NO3. The Morgan fingerprint density at radius 2 is 1.68 bits per heavy atom. The Hall–Kier alpha value is -2.49. The molecule has 3 rings (SSSR count). The van der Waals surface area contributed by atoms with Crippen LogP contribution in [0.25, 0.3) is 0 Å². The second-order valence-corrected chi connectivity index (χ2v) is 5.40. The van der Waals surface area contributed by atoms with E-state index in [4.69, 9.17) is 9.47 Å². The number of hydrogen-bond acceptors (Lipinski definition) is 4. The molecule has 1 atom stereocenters. The van der Waals surface area contributed by atoms with Crippen LogP contribution < -0.4 is 14.4 Å². The zero-order valence-electron chi connectivity index (χ0n) is 13.0. The van der Waals surface area contributed by atoms with Crippen molar-refractivity contribution >= 4 is 17.2 Å². The molecule has 0 N–H and O–H groups in total. The quantitative estimate of drug-likeness (QED) is 0.865.